The molecule has 172 valence electrons. The summed E-state index contributed by atoms with van der Waals surface area (Å²) in [7, 11) is 0. The molecule has 0 saturated carbocycles. The van der Waals surface area contributed by atoms with Gasteiger partial charge in [0, 0.05) is 50.2 Å². The number of carbonyl (C=O) groups is 1. The van der Waals surface area contributed by atoms with Crippen LogP contribution in [0.15, 0.2) is 67.1 Å². The second-order valence-electron chi connectivity index (χ2n) is 8.68. The standard InChI is InChI=1S/C26H30N4O3/c1-19-4-9-25(14-28-19)33-18-22-11-23(26(32)29-13-21-3-2-10-27-12-21)17-30(16-22)15-20-5-7-24(31)8-6-20/h2-10,12,14,22-23,31H,11,13,15-18H2,1H3,(H,29,32)/t22-,23+/m0/s1. The highest BCUT2D eigenvalue weighted by molar-refractivity contribution is 5.79. The molecule has 3 heterocycles. The van der Waals surface area contributed by atoms with Crippen LogP contribution in [-0.2, 0) is 17.9 Å². The van der Waals surface area contributed by atoms with Gasteiger partial charge in [0.15, 0.2) is 0 Å². The Hall–Kier alpha value is -3.45. The maximum absolute atomic E-state index is 13.0. The summed E-state index contributed by atoms with van der Waals surface area (Å²) in [6.07, 6.45) is 6.00. The third kappa shape index (κ3) is 6.76. The number of benzene rings is 1. The molecule has 0 aliphatic carbocycles. The number of pyridine rings is 2. The third-order valence-electron chi connectivity index (χ3n) is 5.89. The average molecular weight is 447 g/mol. The van der Waals surface area contributed by atoms with Crippen LogP contribution in [0.2, 0.25) is 0 Å². The van der Waals surface area contributed by atoms with Crippen molar-refractivity contribution >= 4 is 5.91 Å². The SMILES string of the molecule is Cc1ccc(OC[C@H]2C[C@@H](C(=O)NCc3cccnc3)CN(Cc3ccc(O)cc3)C2)cn1. The molecule has 2 N–H and O–H groups in total. The number of carbonyl (C=O) groups excluding carboxylic acids is 1. The smallest absolute Gasteiger partial charge is 0.224 e. The number of hydrogen-bond acceptors (Lipinski definition) is 6. The molecule has 2 aromatic heterocycles. The van der Waals surface area contributed by atoms with E-state index in [0.717, 1.165) is 42.1 Å². The molecule has 1 aromatic carbocycles. The van der Waals surface area contributed by atoms with Gasteiger partial charge in [-0.05, 0) is 54.8 Å². The zero-order valence-corrected chi connectivity index (χ0v) is 18.9. The molecule has 0 spiro atoms. The van der Waals surface area contributed by atoms with Crippen LogP contribution in [0.4, 0.5) is 0 Å². The molecule has 1 saturated heterocycles. The van der Waals surface area contributed by atoms with Crippen molar-refractivity contribution < 1.29 is 14.6 Å². The number of nitrogens with zero attached hydrogens (tertiary/aromatic N) is 3. The van der Waals surface area contributed by atoms with Crippen molar-refractivity contribution in [1.82, 2.24) is 20.2 Å². The largest absolute Gasteiger partial charge is 0.508 e. The van der Waals surface area contributed by atoms with Crippen molar-refractivity contribution in [1.29, 1.82) is 0 Å². The molecule has 0 unspecified atom stereocenters. The number of phenolic OH excluding ortho intramolecular Hbond substituents is 1. The number of nitrogens with one attached hydrogen (secondary N) is 1. The number of rotatable bonds is 8. The molecule has 2 atom stereocenters. The number of amides is 1. The summed E-state index contributed by atoms with van der Waals surface area (Å²) in [4.78, 5) is 23.7. The fourth-order valence-corrected chi connectivity index (χ4v) is 4.19. The van der Waals surface area contributed by atoms with Gasteiger partial charge in [-0.2, -0.15) is 0 Å². The van der Waals surface area contributed by atoms with Crippen LogP contribution in [-0.4, -0.2) is 45.6 Å². The van der Waals surface area contributed by atoms with E-state index in [1.165, 1.54) is 0 Å². The van der Waals surface area contributed by atoms with Crippen molar-refractivity contribution in [3.63, 3.8) is 0 Å². The average Bonchev–Trinajstić information content (AvgIpc) is 2.84. The van der Waals surface area contributed by atoms with E-state index < -0.39 is 0 Å². The lowest BCUT2D eigenvalue weighted by Gasteiger charge is -2.37. The molecular weight excluding hydrogens is 416 g/mol. The number of aromatic hydroxyl groups is 1. The van der Waals surface area contributed by atoms with Gasteiger partial charge in [-0.3, -0.25) is 19.7 Å². The van der Waals surface area contributed by atoms with E-state index in [1.807, 2.05) is 43.3 Å². The summed E-state index contributed by atoms with van der Waals surface area (Å²) in [6, 6.07) is 14.9. The normalized spacial score (nSPS) is 18.6. The zero-order valence-electron chi connectivity index (χ0n) is 18.9. The summed E-state index contributed by atoms with van der Waals surface area (Å²) >= 11 is 0. The number of ether oxygens (including phenoxy) is 1. The highest BCUT2D eigenvalue weighted by atomic mass is 16.5. The Morgan fingerprint density at radius 3 is 2.70 bits per heavy atom. The van der Waals surface area contributed by atoms with Crippen LogP contribution in [0.1, 0.15) is 23.2 Å². The van der Waals surface area contributed by atoms with Gasteiger partial charge in [0.25, 0.3) is 0 Å². The van der Waals surface area contributed by atoms with Gasteiger partial charge in [-0.15, -0.1) is 0 Å². The molecule has 1 aliphatic rings. The topological polar surface area (TPSA) is 87.6 Å². The molecule has 7 nitrogen and oxygen atoms in total. The first kappa shape index (κ1) is 22.7. The van der Waals surface area contributed by atoms with Gasteiger partial charge >= 0.3 is 0 Å². The summed E-state index contributed by atoms with van der Waals surface area (Å²) in [5, 5.41) is 12.6. The molecule has 0 bridgehead atoms. The number of aromatic nitrogens is 2. The van der Waals surface area contributed by atoms with Crippen molar-refractivity contribution in [2.45, 2.75) is 26.4 Å². The minimum Gasteiger partial charge on any atom is -0.508 e. The number of piperidine rings is 1. The Bertz CT molecular complexity index is 1030. The molecular formula is C26H30N4O3. The molecule has 7 heteroatoms. The lowest BCUT2D eigenvalue weighted by Crippen LogP contribution is -2.47. The molecule has 3 aromatic rings. The number of phenols is 1. The van der Waals surface area contributed by atoms with E-state index in [1.54, 1.807) is 30.7 Å². The van der Waals surface area contributed by atoms with Crippen molar-refractivity contribution in [2.75, 3.05) is 19.7 Å². The Labute approximate surface area is 194 Å². The molecule has 1 aliphatic heterocycles. The number of hydrogen-bond donors (Lipinski definition) is 2. The number of aryl methyl sites for hydroxylation is 1. The Morgan fingerprint density at radius 1 is 1.12 bits per heavy atom. The summed E-state index contributed by atoms with van der Waals surface area (Å²) in [5.74, 6) is 1.14. The minimum atomic E-state index is -0.128. The summed E-state index contributed by atoms with van der Waals surface area (Å²) < 4.78 is 6.01. The zero-order chi connectivity index (χ0) is 23.0. The fraction of sp³-hybridized carbons (Fsp3) is 0.346. The van der Waals surface area contributed by atoms with Gasteiger partial charge in [-0.25, -0.2) is 0 Å². The first-order chi connectivity index (χ1) is 16.0. The third-order valence-corrected chi connectivity index (χ3v) is 5.89. The lowest BCUT2D eigenvalue weighted by molar-refractivity contribution is -0.128. The van der Waals surface area contributed by atoms with E-state index in [0.29, 0.717) is 19.7 Å². The summed E-state index contributed by atoms with van der Waals surface area (Å²) in [6.45, 7) is 5.19. The van der Waals surface area contributed by atoms with Crippen LogP contribution >= 0.6 is 0 Å². The van der Waals surface area contributed by atoms with E-state index >= 15 is 0 Å². The summed E-state index contributed by atoms with van der Waals surface area (Å²) in [5.41, 5.74) is 3.03. The van der Waals surface area contributed by atoms with Crippen LogP contribution in [0.5, 0.6) is 11.5 Å². The van der Waals surface area contributed by atoms with Crippen LogP contribution in [0.25, 0.3) is 0 Å². The predicted molar refractivity (Wildman–Crippen MR) is 126 cm³/mol. The van der Waals surface area contributed by atoms with E-state index in [2.05, 4.69) is 20.2 Å². The maximum atomic E-state index is 13.0. The van der Waals surface area contributed by atoms with Crippen LogP contribution in [0.3, 0.4) is 0 Å². The monoisotopic (exact) mass is 446 g/mol. The van der Waals surface area contributed by atoms with Gasteiger partial charge in [0.2, 0.25) is 5.91 Å². The maximum Gasteiger partial charge on any atom is 0.224 e. The molecule has 1 amide bonds. The van der Waals surface area contributed by atoms with E-state index in [4.69, 9.17) is 4.74 Å². The van der Waals surface area contributed by atoms with Crippen molar-refractivity contribution in [3.05, 3.63) is 83.9 Å². The first-order valence-corrected chi connectivity index (χ1v) is 11.3. The van der Waals surface area contributed by atoms with Crippen LogP contribution in [0, 0.1) is 18.8 Å². The van der Waals surface area contributed by atoms with Crippen molar-refractivity contribution in [2.24, 2.45) is 11.8 Å². The second kappa shape index (κ2) is 10.9. The van der Waals surface area contributed by atoms with E-state index in [9.17, 15) is 9.90 Å². The minimum absolute atomic E-state index is 0.0521. The van der Waals surface area contributed by atoms with E-state index in [-0.39, 0.29) is 23.5 Å². The molecule has 1 fully saturated rings. The molecule has 33 heavy (non-hydrogen) atoms. The molecule has 4 rings (SSSR count). The fourth-order valence-electron chi connectivity index (χ4n) is 4.19. The Kier molecular flexibility index (Phi) is 7.52. The predicted octanol–water partition coefficient (Wildman–Crippen LogP) is 3.32. The molecule has 0 radical (unpaired) electrons. The first-order valence-electron chi connectivity index (χ1n) is 11.3. The van der Waals surface area contributed by atoms with Gasteiger partial charge in [0.1, 0.15) is 11.5 Å². The quantitative estimate of drug-likeness (QED) is 0.552. The highest BCUT2D eigenvalue weighted by Crippen LogP contribution is 2.25. The van der Waals surface area contributed by atoms with Gasteiger partial charge in [-0.1, -0.05) is 18.2 Å². The lowest BCUT2D eigenvalue weighted by atomic mass is 9.88. The van der Waals surface area contributed by atoms with Crippen molar-refractivity contribution in [3.8, 4) is 11.5 Å². The Balaban J connectivity index is 1.40. The van der Waals surface area contributed by atoms with Gasteiger partial charge < -0.3 is 15.2 Å². The Morgan fingerprint density at radius 2 is 1.97 bits per heavy atom. The van der Waals surface area contributed by atoms with Crippen LogP contribution < -0.4 is 10.1 Å². The second-order valence-corrected chi connectivity index (χ2v) is 8.68. The highest BCUT2D eigenvalue weighted by Gasteiger charge is 2.32. The number of likely N-dealkylation sites (tertiary alicyclic amines) is 1. The van der Waals surface area contributed by atoms with Gasteiger partial charge in [0.05, 0.1) is 18.7 Å².